The molecule has 1 atom stereocenters. The Morgan fingerprint density at radius 3 is 2.81 bits per heavy atom. The zero-order chi connectivity index (χ0) is 18.4. The summed E-state index contributed by atoms with van der Waals surface area (Å²) in [4.78, 5) is 23.8. The normalized spacial score (nSPS) is 14.0. The molecule has 0 fully saturated rings. The first-order valence-corrected chi connectivity index (χ1v) is 8.20. The molecule has 0 saturated carbocycles. The highest BCUT2D eigenvalue weighted by molar-refractivity contribution is 5.90. The van der Waals surface area contributed by atoms with Crippen molar-refractivity contribution in [1.82, 2.24) is 5.32 Å². The van der Waals surface area contributed by atoms with Crippen LogP contribution in [0.15, 0.2) is 47.1 Å². The van der Waals surface area contributed by atoms with Crippen LogP contribution in [0.5, 0.6) is 11.5 Å². The SMILES string of the molecule is C[C@H](OC(=O)/C=C/c1ccc2c(c1)OCCO2)C(=O)NCc1ccco1. The third-order valence-electron chi connectivity index (χ3n) is 3.66. The number of carbonyl (C=O) groups excluding carboxylic acids is 2. The first-order chi connectivity index (χ1) is 12.6. The van der Waals surface area contributed by atoms with Gasteiger partial charge in [0.15, 0.2) is 17.6 Å². The van der Waals surface area contributed by atoms with Crippen LogP contribution in [-0.2, 0) is 20.9 Å². The lowest BCUT2D eigenvalue weighted by atomic mass is 10.2. The Kier molecular flexibility index (Phi) is 5.58. The van der Waals surface area contributed by atoms with Crippen molar-refractivity contribution in [3.8, 4) is 11.5 Å². The average Bonchev–Trinajstić information content (AvgIpc) is 3.17. The van der Waals surface area contributed by atoms with E-state index in [-0.39, 0.29) is 6.54 Å². The van der Waals surface area contributed by atoms with Gasteiger partial charge in [0.05, 0.1) is 12.8 Å². The van der Waals surface area contributed by atoms with Crippen molar-refractivity contribution in [3.63, 3.8) is 0 Å². The van der Waals surface area contributed by atoms with E-state index in [1.165, 1.54) is 19.3 Å². The standard InChI is InChI=1S/C19H19NO6/c1-13(19(22)20-12-15-3-2-8-23-15)26-18(21)7-5-14-4-6-16-17(11-14)25-10-9-24-16/h2-8,11,13H,9-10,12H2,1H3,(H,20,22)/b7-5+/t13-/m0/s1. The van der Waals surface area contributed by atoms with E-state index in [4.69, 9.17) is 18.6 Å². The van der Waals surface area contributed by atoms with Crippen LogP contribution in [0, 0.1) is 0 Å². The Morgan fingerprint density at radius 2 is 2.04 bits per heavy atom. The Morgan fingerprint density at radius 1 is 1.23 bits per heavy atom. The summed E-state index contributed by atoms with van der Waals surface area (Å²) >= 11 is 0. The zero-order valence-electron chi connectivity index (χ0n) is 14.3. The second-order valence-electron chi connectivity index (χ2n) is 5.61. The highest BCUT2D eigenvalue weighted by atomic mass is 16.6. The molecule has 1 aromatic carbocycles. The van der Waals surface area contributed by atoms with E-state index < -0.39 is 18.0 Å². The predicted molar refractivity (Wildman–Crippen MR) is 92.6 cm³/mol. The summed E-state index contributed by atoms with van der Waals surface area (Å²) in [6.07, 6.45) is 3.46. The van der Waals surface area contributed by atoms with Crippen molar-refractivity contribution in [3.05, 3.63) is 54.0 Å². The van der Waals surface area contributed by atoms with Gasteiger partial charge in [0, 0.05) is 6.08 Å². The maximum absolute atomic E-state index is 11.9. The summed E-state index contributed by atoms with van der Waals surface area (Å²) < 4.78 is 21.1. The Balaban J connectivity index is 1.49. The van der Waals surface area contributed by atoms with Crippen molar-refractivity contribution in [2.24, 2.45) is 0 Å². The van der Waals surface area contributed by atoms with Gasteiger partial charge in [0.2, 0.25) is 0 Å². The van der Waals surface area contributed by atoms with E-state index in [1.54, 1.807) is 36.4 Å². The smallest absolute Gasteiger partial charge is 0.331 e. The lowest BCUT2D eigenvalue weighted by Gasteiger charge is -2.18. The number of furan rings is 1. The molecule has 26 heavy (non-hydrogen) atoms. The van der Waals surface area contributed by atoms with Gasteiger partial charge in [0.25, 0.3) is 5.91 Å². The van der Waals surface area contributed by atoms with Gasteiger partial charge in [-0.1, -0.05) is 6.07 Å². The largest absolute Gasteiger partial charge is 0.486 e. The number of ether oxygens (including phenoxy) is 3. The molecule has 1 aliphatic heterocycles. The monoisotopic (exact) mass is 357 g/mol. The Labute approximate surface area is 150 Å². The summed E-state index contributed by atoms with van der Waals surface area (Å²) in [5, 5.41) is 2.63. The van der Waals surface area contributed by atoms with Gasteiger partial charge < -0.3 is 23.9 Å². The number of hydrogen-bond donors (Lipinski definition) is 1. The molecule has 0 unspecified atom stereocenters. The van der Waals surface area contributed by atoms with Gasteiger partial charge in [-0.05, 0) is 42.8 Å². The minimum Gasteiger partial charge on any atom is -0.486 e. The van der Waals surface area contributed by atoms with Gasteiger partial charge >= 0.3 is 5.97 Å². The van der Waals surface area contributed by atoms with E-state index in [0.29, 0.717) is 30.5 Å². The van der Waals surface area contributed by atoms with Crippen molar-refractivity contribution in [1.29, 1.82) is 0 Å². The van der Waals surface area contributed by atoms with E-state index in [2.05, 4.69) is 5.32 Å². The molecular weight excluding hydrogens is 338 g/mol. The molecule has 0 saturated heterocycles. The predicted octanol–water partition coefficient (Wildman–Crippen LogP) is 2.31. The van der Waals surface area contributed by atoms with Crippen LogP contribution in [0.4, 0.5) is 0 Å². The topological polar surface area (TPSA) is 87.0 Å². The van der Waals surface area contributed by atoms with Gasteiger partial charge in [0.1, 0.15) is 19.0 Å². The summed E-state index contributed by atoms with van der Waals surface area (Å²) in [5.74, 6) is 0.925. The molecule has 0 spiro atoms. The fourth-order valence-corrected chi connectivity index (χ4v) is 2.33. The molecule has 7 nitrogen and oxygen atoms in total. The van der Waals surface area contributed by atoms with Gasteiger partial charge in [-0.15, -0.1) is 0 Å². The average molecular weight is 357 g/mol. The molecule has 136 valence electrons. The van der Waals surface area contributed by atoms with Crippen LogP contribution < -0.4 is 14.8 Å². The van der Waals surface area contributed by atoms with E-state index in [1.807, 2.05) is 0 Å². The van der Waals surface area contributed by atoms with Crippen LogP contribution >= 0.6 is 0 Å². The highest BCUT2D eigenvalue weighted by Crippen LogP contribution is 2.31. The molecular formula is C19H19NO6. The van der Waals surface area contributed by atoms with Crippen molar-refractivity contribution in [2.75, 3.05) is 13.2 Å². The first-order valence-electron chi connectivity index (χ1n) is 8.20. The van der Waals surface area contributed by atoms with Crippen LogP contribution in [0.2, 0.25) is 0 Å². The van der Waals surface area contributed by atoms with E-state index in [9.17, 15) is 9.59 Å². The molecule has 1 amide bonds. The molecule has 0 bridgehead atoms. The van der Waals surface area contributed by atoms with Crippen LogP contribution in [0.25, 0.3) is 6.08 Å². The van der Waals surface area contributed by atoms with Crippen molar-refractivity contribution >= 4 is 18.0 Å². The third kappa shape index (κ3) is 4.66. The molecule has 1 aromatic heterocycles. The summed E-state index contributed by atoms with van der Waals surface area (Å²) in [7, 11) is 0. The lowest BCUT2D eigenvalue weighted by molar-refractivity contribution is -0.150. The molecule has 2 heterocycles. The van der Waals surface area contributed by atoms with Crippen molar-refractivity contribution in [2.45, 2.75) is 19.6 Å². The molecule has 1 aliphatic rings. The van der Waals surface area contributed by atoms with Crippen LogP contribution in [0.1, 0.15) is 18.2 Å². The summed E-state index contributed by atoms with van der Waals surface area (Å²) in [6.45, 7) is 2.76. The fraction of sp³-hybridized carbons (Fsp3) is 0.263. The highest BCUT2D eigenvalue weighted by Gasteiger charge is 2.16. The number of hydrogen-bond acceptors (Lipinski definition) is 6. The Hall–Kier alpha value is -3.22. The number of amides is 1. The molecule has 3 rings (SSSR count). The number of fused-ring (bicyclic) bond motifs is 1. The second-order valence-corrected chi connectivity index (χ2v) is 5.61. The number of benzene rings is 1. The fourth-order valence-electron chi connectivity index (χ4n) is 2.33. The summed E-state index contributed by atoms with van der Waals surface area (Å²) in [6, 6.07) is 8.83. The molecule has 2 aromatic rings. The van der Waals surface area contributed by atoms with Gasteiger partial charge in [-0.2, -0.15) is 0 Å². The van der Waals surface area contributed by atoms with Gasteiger partial charge in [-0.3, -0.25) is 4.79 Å². The number of nitrogens with one attached hydrogen (secondary N) is 1. The second kappa shape index (κ2) is 8.24. The maximum Gasteiger partial charge on any atom is 0.331 e. The quantitative estimate of drug-likeness (QED) is 0.631. The lowest BCUT2D eigenvalue weighted by Crippen LogP contribution is -2.35. The number of carbonyl (C=O) groups is 2. The minimum atomic E-state index is -0.914. The summed E-state index contributed by atoms with van der Waals surface area (Å²) in [5.41, 5.74) is 0.765. The first kappa shape index (κ1) is 17.6. The van der Waals surface area contributed by atoms with Crippen LogP contribution in [0.3, 0.4) is 0 Å². The van der Waals surface area contributed by atoms with Gasteiger partial charge in [-0.25, -0.2) is 4.79 Å². The van der Waals surface area contributed by atoms with Crippen LogP contribution in [-0.4, -0.2) is 31.2 Å². The third-order valence-corrected chi connectivity index (χ3v) is 3.66. The van der Waals surface area contributed by atoms with E-state index >= 15 is 0 Å². The molecule has 0 aliphatic carbocycles. The maximum atomic E-state index is 11.9. The number of esters is 1. The number of rotatable bonds is 6. The Bertz CT molecular complexity index is 796. The van der Waals surface area contributed by atoms with E-state index in [0.717, 1.165) is 5.56 Å². The molecule has 7 heteroatoms. The van der Waals surface area contributed by atoms with Crippen molar-refractivity contribution < 1.29 is 28.2 Å². The molecule has 0 radical (unpaired) electrons. The minimum absolute atomic E-state index is 0.237. The molecule has 1 N–H and O–H groups in total. The zero-order valence-corrected chi connectivity index (χ0v) is 14.3.